The molecule has 0 bridgehead atoms. The molecule has 28 heteroatoms. The van der Waals surface area contributed by atoms with Gasteiger partial charge in [-0.2, -0.15) is 0 Å². The molecule has 14 aliphatic heterocycles. The van der Waals surface area contributed by atoms with Crippen LogP contribution >= 0.6 is 0 Å². The predicted molar refractivity (Wildman–Crippen MR) is 511 cm³/mol. The van der Waals surface area contributed by atoms with Gasteiger partial charge < -0.3 is 88.1 Å². The normalized spacial score (nSPS) is 29.3. The number of benzene rings is 3. The topological polar surface area (TPSA) is 110 Å². The Kier molecular flexibility index (Phi) is 21.9. The van der Waals surface area contributed by atoms with Crippen LogP contribution in [0.25, 0.3) is 0 Å². The standard InChI is InChI=1S/C22H29BN4.2C20H27BN6.C15H24B2N2.C14H25BN4/c1-15-24(4)17-10-6-8-12-19(17)26(15)21-14-22(23(21)3)27-16(2)25(5)18-11-7-9-13-20(18)27;1-13-24(4)19-15(8-6-10-22-19)26(13)17-12-18(21(17)3)27-14(2)25(5)20-16(27)9-7-11-23-20;1-13-24(4)15-8-6-10-22-19(15)26(13)17-12-18(21(17)3)27-14(2)25(5)16-9-7-11-23-20(16)27;1-11(2)8-13-6-7-14-15(9-13)18(5)12(3)19(14)17-10-16(17)4;1-11-16(4)6-8-18(11)13-10-14(15(13)3)19-9-7-17(5)12(19)2/h6-13,15-16,21-22H,14H2,1-5H3;2*6-11,13-14,17-18H,12H2,1-5H3;6-7,9,11-12H,8,10H2,1-5H3;6-9,11-14H,10H2,1-5H3/t15-,16+,21?,22?;2*13-,14+,17?,18?;12-;11-,12+,13?,14?/m...0./s1. The van der Waals surface area contributed by atoms with E-state index in [9.17, 15) is 0 Å². The molecule has 0 saturated carbocycles. The Balaban J connectivity index is 0.000000107. The summed E-state index contributed by atoms with van der Waals surface area (Å²) in [4.78, 5) is 63.0. The first-order valence-corrected chi connectivity index (χ1v) is 45.0. The maximum absolute atomic E-state index is 4.71. The highest BCUT2D eigenvalue weighted by Crippen LogP contribution is 2.53. The summed E-state index contributed by atoms with van der Waals surface area (Å²) in [5.74, 6) is 9.86. The average molecular weight is 1600 g/mol. The Labute approximate surface area is 715 Å². The van der Waals surface area contributed by atoms with Crippen LogP contribution in [0.3, 0.4) is 0 Å². The lowest BCUT2D eigenvalue weighted by molar-refractivity contribution is 0.111. The zero-order chi connectivity index (χ0) is 84.1. The van der Waals surface area contributed by atoms with Gasteiger partial charge in [0.25, 0.3) is 0 Å². The highest BCUT2D eigenvalue weighted by Gasteiger charge is 2.58. The summed E-state index contributed by atoms with van der Waals surface area (Å²) in [6, 6.07) is 41.8. The predicted octanol–water partition coefficient (Wildman–Crippen LogP) is 14.1. The van der Waals surface area contributed by atoms with Gasteiger partial charge >= 0.3 is 0 Å². The summed E-state index contributed by atoms with van der Waals surface area (Å²) in [6.45, 7) is 41.4. The van der Waals surface area contributed by atoms with Gasteiger partial charge in [-0.3, -0.25) is 0 Å². The van der Waals surface area contributed by atoms with Crippen molar-refractivity contribution < 1.29 is 0 Å². The first-order valence-electron chi connectivity index (χ1n) is 45.0. The van der Waals surface area contributed by atoms with Crippen molar-refractivity contribution in [3.8, 4) is 0 Å². The zero-order valence-electron chi connectivity index (χ0n) is 76.0. The SMILES string of the molecule is CB1C(N2C=CN(C)[C@H]2C)CC1N1C=CN(C)[C@@H]1C.CB1C(N2c3ccccc3N(C)[C@H]2C)CC1N1c2ccccc2N(C)[C@@H]1C.CB1C(N2c3cccnc3N(C)[C@H]2C)CC1N1c2cccnc2N(C)[C@@H]1C.CB1C(N2c3ncccc3N(C)[C@H]2C)CC1N1c2ncccc2N(C)[C@@H]1C.CB1CB1N1c2ccc(CC(C)C)cc2N(C)[C@@H]1C. The van der Waals surface area contributed by atoms with Crippen LogP contribution in [0.15, 0.2) is 165 Å². The Morgan fingerprint density at radius 1 is 0.311 bits per heavy atom. The maximum Gasteiger partial charge on any atom is 0.212 e. The minimum absolute atomic E-state index is 0.340. The summed E-state index contributed by atoms with van der Waals surface area (Å²) < 4.78 is 0. The fourth-order valence-electron chi connectivity index (χ4n) is 22.9. The lowest BCUT2D eigenvalue weighted by atomic mass is 9.29. The minimum atomic E-state index is 0.340. The van der Waals surface area contributed by atoms with Crippen molar-refractivity contribution in [3.05, 3.63) is 170 Å². The van der Waals surface area contributed by atoms with E-state index in [-0.39, 0.29) is 0 Å². The van der Waals surface area contributed by atoms with Gasteiger partial charge in [-0.25, -0.2) is 19.9 Å². The number of nitrogens with zero attached hydrogens (tertiary/aromatic N) is 22. The summed E-state index contributed by atoms with van der Waals surface area (Å²) in [5, 5.41) is 0. The van der Waals surface area contributed by atoms with Crippen LogP contribution in [-0.4, -0.2) is 246 Å². The molecule has 22 nitrogen and oxygen atoms in total. The van der Waals surface area contributed by atoms with Crippen molar-refractivity contribution >= 4 is 120 Å². The van der Waals surface area contributed by atoms with Gasteiger partial charge in [0.15, 0.2) is 50.1 Å². The van der Waals surface area contributed by atoms with Gasteiger partial charge in [0.05, 0.1) is 107 Å². The largest absolute Gasteiger partial charge is 0.403 e. The number of hydrogen-bond acceptors (Lipinski definition) is 22. The van der Waals surface area contributed by atoms with Crippen molar-refractivity contribution in [2.45, 2.75) is 252 Å². The number of pyridine rings is 4. The summed E-state index contributed by atoms with van der Waals surface area (Å²) in [5.41, 5.74) is 14.9. The van der Waals surface area contributed by atoms with E-state index in [2.05, 4.69) is 400 Å². The van der Waals surface area contributed by atoms with Crippen molar-refractivity contribution in [1.29, 1.82) is 0 Å². The zero-order valence-corrected chi connectivity index (χ0v) is 76.0. The molecule has 7 aromatic rings. The van der Waals surface area contributed by atoms with Gasteiger partial charge in [-0.15, -0.1) is 0 Å². The van der Waals surface area contributed by atoms with E-state index in [4.69, 9.17) is 9.97 Å². The van der Waals surface area contributed by atoms with E-state index in [1.807, 2.05) is 36.9 Å². The lowest BCUT2D eigenvalue weighted by Crippen LogP contribution is -2.70. The fraction of sp³-hybridized carbons (Fsp3) is 0.538. The monoisotopic (exact) mass is 1600 g/mol. The van der Waals surface area contributed by atoms with E-state index in [1.54, 1.807) is 0 Å². The molecule has 17 atom stereocenters. The Hall–Kier alpha value is -9.47. The van der Waals surface area contributed by atoms with Crippen LogP contribution in [0.5, 0.6) is 0 Å². The quantitative estimate of drug-likeness (QED) is 0.114. The van der Waals surface area contributed by atoms with Crippen molar-refractivity contribution in [3.63, 3.8) is 0 Å². The number of para-hydroxylation sites is 4. The average Bonchev–Trinajstić information content (AvgIpc) is 1.64. The van der Waals surface area contributed by atoms with E-state index in [0.717, 1.165) is 55.7 Å². The van der Waals surface area contributed by atoms with Gasteiger partial charge in [0.1, 0.15) is 6.60 Å². The molecule has 0 spiro atoms. The van der Waals surface area contributed by atoms with Gasteiger partial charge in [-0.1, -0.05) is 84.5 Å². The molecule has 4 aromatic heterocycles. The number of anilines is 14. The second-order valence-corrected chi connectivity index (χ2v) is 38.1. The van der Waals surface area contributed by atoms with Gasteiger partial charge in [0, 0.05) is 166 Å². The molecule has 0 amide bonds. The second-order valence-electron chi connectivity index (χ2n) is 38.1. The summed E-state index contributed by atoms with van der Waals surface area (Å²) in [7, 11) is 19.6. The third-order valence-electron chi connectivity index (χ3n) is 31.8. The fourth-order valence-corrected chi connectivity index (χ4v) is 22.9. The highest BCUT2D eigenvalue weighted by molar-refractivity contribution is 7.41. The Morgan fingerprint density at radius 3 is 0.983 bits per heavy atom. The Morgan fingerprint density at radius 2 is 0.622 bits per heavy atom. The van der Waals surface area contributed by atoms with Crippen molar-refractivity contribution in [1.82, 2.24) is 39.5 Å². The van der Waals surface area contributed by atoms with Crippen LogP contribution in [-0.2, 0) is 6.42 Å². The third-order valence-corrected chi connectivity index (χ3v) is 31.8. The molecule has 0 aliphatic carbocycles. The molecular weight excluding hydrogens is 1470 g/mol. The maximum atomic E-state index is 4.71. The molecular formula is C91H132B6N22. The molecule has 5 fully saturated rings. The van der Waals surface area contributed by atoms with E-state index in [0.29, 0.717) is 123 Å². The van der Waals surface area contributed by atoms with Gasteiger partial charge in [-0.05, 0) is 191 Å². The van der Waals surface area contributed by atoms with E-state index < -0.39 is 0 Å². The molecule has 8 unspecified atom stereocenters. The molecule has 3 aromatic carbocycles. The second kappa shape index (κ2) is 31.8. The van der Waals surface area contributed by atoms with Crippen LogP contribution in [0.4, 0.5) is 80.1 Å². The third kappa shape index (κ3) is 13.5. The molecule has 5 saturated heterocycles. The minimum Gasteiger partial charge on any atom is -0.403 e. The smallest absolute Gasteiger partial charge is 0.212 e. The van der Waals surface area contributed by atoms with Crippen molar-refractivity contribution in [2.24, 2.45) is 5.92 Å². The molecule has 18 heterocycles. The first kappa shape index (κ1) is 81.9. The van der Waals surface area contributed by atoms with Crippen LogP contribution < -0.4 is 68.5 Å². The van der Waals surface area contributed by atoms with Crippen molar-refractivity contribution in [2.75, 3.05) is 132 Å². The molecule has 0 N–H and O–H groups in total. The molecule has 21 rings (SSSR count). The molecule has 119 heavy (non-hydrogen) atoms. The van der Waals surface area contributed by atoms with Crippen LogP contribution in [0, 0.1) is 5.92 Å². The first-order chi connectivity index (χ1) is 57.0. The van der Waals surface area contributed by atoms with E-state index in [1.165, 1.54) is 94.3 Å². The molecule has 14 aliphatic rings. The summed E-state index contributed by atoms with van der Waals surface area (Å²) >= 11 is 0. The number of aromatic nitrogens is 4. The molecule has 0 radical (unpaired) electrons. The van der Waals surface area contributed by atoms with Gasteiger partial charge in [0.2, 0.25) is 6.74 Å². The van der Waals surface area contributed by atoms with Crippen LogP contribution in [0.2, 0.25) is 40.3 Å². The Bertz CT molecular complexity index is 4290. The number of fused-ring (bicyclic) bond motifs is 7. The number of rotatable bonds is 11. The molecule has 624 valence electrons. The lowest BCUT2D eigenvalue weighted by Gasteiger charge is -2.53. The van der Waals surface area contributed by atoms with Crippen LogP contribution in [0.1, 0.15) is 107 Å². The highest BCUT2D eigenvalue weighted by atomic mass is 15.5. The van der Waals surface area contributed by atoms with E-state index >= 15 is 0 Å². The number of hydrogen-bond donors (Lipinski definition) is 0. The summed E-state index contributed by atoms with van der Waals surface area (Å²) in [6.07, 6.45) is 27.6.